The summed E-state index contributed by atoms with van der Waals surface area (Å²) in [5.74, 6) is 2.36. The summed E-state index contributed by atoms with van der Waals surface area (Å²) in [6, 6.07) is 0. The first-order chi connectivity index (χ1) is 11.7. The Morgan fingerprint density at radius 3 is 1.84 bits per heavy atom. The fourth-order valence-electron chi connectivity index (χ4n) is 3.70. The summed E-state index contributed by atoms with van der Waals surface area (Å²) in [5.41, 5.74) is 0.110. The second-order valence-electron chi connectivity index (χ2n) is 9.40. The van der Waals surface area contributed by atoms with Crippen molar-refractivity contribution in [3.8, 4) is 0 Å². The molecule has 0 aliphatic heterocycles. The minimum absolute atomic E-state index is 0.0143. The Labute approximate surface area is 158 Å². The number of rotatable bonds is 15. The first kappa shape index (κ1) is 24.5. The Balaban J connectivity index is 4.33. The maximum atomic E-state index is 12.0. The van der Waals surface area contributed by atoms with Crippen molar-refractivity contribution in [3.05, 3.63) is 0 Å². The van der Waals surface area contributed by atoms with Crippen LogP contribution in [0.1, 0.15) is 113 Å². The molecule has 0 aliphatic rings. The molecular formula is C23H46O2. The van der Waals surface area contributed by atoms with Crippen molar-refractivity contribution in [1.82, 2.24) is 0 Å². The molecule has 0 saturated carbocycles. The molecule has 0 bridgehead atoms. The molecule has 2 nitrogen and oxygen atoms in total. The van der Waals surface area contributed by atoms with Crippen LogP contribution in [-0.4, -0.2) is 12.6 Å². The van der Waals surface area contributed by atoms with Gasteiger partial charge in [0, 0.05) is 0 Å². The summed E-state index contributed by atoms with van der Waals surface area (Å²) < 4.78 is 5.23. The van der Waals surface area contributed by atoms with Crippen LogP contribution in [0.2, 0.25) is 0 Å². The normalized spacial score (nSPS) is 15.4. The fraction of sp³-hybridized carbons (Fsp3) is 0.957. The van der Waals surface area contributed by atoms with Crippen LogP contribution >= 0.6 is 0 Å². The molecule has 2 unspecified atom stereocenters. The highest BCUT2D eigenvalue weighted by molar-refractivity contribution is 5.70. The molecule has 150 valence electrons. The summed E-state index contributed by atoms with van der Waals surface area (Å²) in [4.78, 5) is 12.0. The summed E-state index contributed by atoms with van der Waals surface area (Å²) in [5, 5.41) is 0. The van der Waals surface area contributed by atoms with E-state index in [1.165, 1.54) is 44.9 Å². The van der Waals surface area contributed by atoms with E-state index >= 15 is 0 Å². The molecule has 0 radical (unpaired) electrons. The maximum absolute atomic E-state index is 12.0. The Morgan fingerprint density at radius 2 is 1.32 bits per heavy atom. The highest BCUT2D eigenvalue weighted by Gasteiger charge is 2.27. The van der Waals surface area contributed by atoms with Crippen molar-refractivity contribution in [3.63, 3.8) is 0 Å². The number of carbonyl (C=O) groups excluding carboxylic acids is 1. The Hall–Kier alpha value is -0.530. The molecule has 0 spiro atoms. The van der Waals surface area contributed by atoms with E-state index in [0.717, 1.165) is 30.6 Å². The van der Waals surface area contributed by atoms with Crippen molar-refractivity contribution >= 4 is 5.97 Å². The predicted molar refractivity (Wildman–Crippen MR) is 110 cm³/mol. The van der Waals surface area contributed by atoms with Crippen LogP contribution in [0.25, 0.3) is 0 Å². The third-order valence-electron chi connectivity index (χ3n) is 5.39. The number of ether oxygens (including phenoxy) is 1. The molecule has 0 amide bonds. The molecule has 2 heteroatoms. The molecule has 0 saturated heterocycles. The fourth-order valence-corrected chi connectivity index (χ4v) is 3.70. The van der Waals surface area contributed by atoms with Gasteiger partial charge in [-0.3, -0.25) is 4.79 Å². The van der Waals surface area contributed by atoms with E-state index in [1.54, 1.807) is 0 Å². The van der Waals surface area contributed by atoms with E-state index in [2.05, 4.69) is 41.5 Å². The van der Waals surface area contributed by atoms with E-state index in [4.69, 9.17) is 4.74 Å². The third kappa shape index (κ3) is 14.3. The molecule has 25 heavy (non-hydrogen) atoms. The van der Waals surface area contributed by atoms with Gasteiger partial charge in [-0.2, -0.15) is 0 Å². The minimum Gasteiger partial charge on any atom is -0.466 e. The summed E-state index contributed by atoms with van der Waals surface area (Å²) in [6.07, 6.45) is 11.9. The van der Waals surface area contributed by atoms with E-state index < -0.39 is 0 Å². The molecule has 0 aliphatic carbocycles. The zero-order chi connectivity index (χ0) is 19.3. The van der Waals surface area contributed by atoms with Gasteiger partial charge in [0.2, 0.25) is 0 Å². The van der Waals surface area contributed by atoms with Gasteiger partial charge in [-0.15, -0.1) is 0 Å². The van der Waals surface area contributed by atoms with Gasteiger partial charge in [0.1, 0.15) is 0 Å². The van der Waals surface area contributed by atoms with Gasteiger partial charge in [-0.25, -0.2) is 0 Å². The van der Waals surface area contributed by atoms with E-state index in [-0.39, 0.29) is 11.4 Å². The van der Waals surface area contributed by atoms with Crippen molar-refractivity contribution in [2.75, 3.05) is 6.61 Å². The predicted octanol–water partition coefficient (Wildman–Crippen LogP) is 7.40. The van der Waals surface area contributed by atoms with Crippen LogP contribution in [0.15, 0.2) is 0 Å². The van der Waals surface area contributed by atoms with E-state index in [1.807, 2.05) is 6.92 Å². The second-order valence-corrected chi connectivity index (χ2v) is 9.40. The largest absolute Gasteiger partial charge is 0.466 e. The summed E-state index contributed by atoms with van der Waals surface area (Å²) in [6.45, 7) is 16.3. The number of carbonyl (C=O) groups is 1. The lowest BCUT2D eigenvalue weighted by Gasteiger charge is -2.29. The average Bonchev–Trinajstić information content (AvgIpc) is 2.46. The van der Waals surface area contributed by atoms with Gasteiger partial charge >= 0.3 is 5.97 Å². The maximum Gasteiger partial charge on any atom is 0.306 e. The summed E-state index contributed by atoms with van der Waals surface area (Å²) in [7, 11) is 0. The van der Waals surface area contributed by atoms with E-state index in [9.17, 15) is 4.79 Å². The first-order valence-corrected chi connectivity index (χ1v) is 10.8. The lowest BCUT2D eigenvalue weighted by atomic mass is 9.76. The molecule has 2 atom stereocenters. The highest BCUT2D eigenvalue weighted by Crippen LogP contribution is 2.36. The SMILES string of the molecule is CCOC(=O)CC(C)(CCCC(C)C)CCCC(C)CCCC(C)C. The van der Waals surface area contributed by atoms with Crippen LogP contribution in [0.5, 0.6) is 0 Å². The van der Waals surface area contributed by atoms with Crippen LogP contribution in [0.3, 0.4) is 0 Å². The zero-order valence-electron chi connectivity index (χ0n) is 18.3. The Kier molecular flexibility index (Phi) is 13.4. The quantitative estimate of drug-likeness (QED) is 0.286. The molecule has 0 aromatic carbocycles. The lowest BCUT2D eigenvalue weighted by Crippen LogP contribution is -2.23. The van der Waals surface area contributed by atoms with Crippen molar-refractivity contribution in [2.45, 2.75) is 113 Å². The Morgan fingerprint density at radius 1 is 0.840 bits per heavy atom. The molecule has 0 fully saturated rings. The monoisotopic (exact) mass is 354 g/mol. The van der Waals surface area contributed by atoms with Crippen LogP contribution < -0.4 is 0 Å². The summed E-state index contributed by atoms with van der Waals surface area (Å²) >= 11 is 0. The van der Waals surface area contributed by atoms with Gasteiger partial charge in [0.15, 0.2) is 0 Å². The lowest BCUT2D eigenvalue weighted by molar-refractivity contribution is -0.146. The highest BCUT2D eigenvalue weighted by atomic mass is 16.5. The zero-order valence-corrected chi connectivity index (χ0v) is 18.3. The van der Waals surface area contributed by atoms with E-state index in [0.29, 0.717) is 13.0 Å². The number of hydrogen-bond acceptors (Lipinski definition) is 2. The molecule has 0 heterocycles. The first-order valence-electron chi connectivity index (χ1n) is 10.8. The standard InChI is InChI=1S/C23H46O2/c1-8-25-22(24)18-23(7,16-10-13-20(4)5)17-11-15-21(6)14-9-12-19(2)3/h19-21H,8-18H2,1-7H3. The third-order valence-corrected chi connectivity index (χ3v) is 5.39. The Bertz CT molecular complexity index is 335. The van der Waals surface area contributed by atoms with Gasteiger partial charge in [0.25, 0.3) is 0 Å². The van der Waals surface area contributed by atoms with Gasteiger partial charge in [0.05, 0.1) is 13.0 Å². The molecule has 0 rings (SSSR count). The molecular weight excluding hydrogens is 308 g/mol. The van der Waals surface area contributed by atoms with Crippen LogP contribution in [0, 0.1) is 23.2 Å². The van der Waals surface area contributed by atoms with Crippen LogP contribution in [-0.2, 0) is 9.53 Å². The van der Waals surface area contributed by atoms with Gasteiger partial charge in [-0.05, 0) is 42.9 Å². The smallest absolute Gasteiger partial charge is 0.306 e. The average molecular weight is 355 g/mol. The van der Waals surface area contributed by atoms with Crippen LogP contribution in [0.4, 0.5) is 0 Å². The van der Waals surface area contributed by atoms with Crippen molar-refractivity contribution in [1.29, 1.82) is 0 Å². The van der Waals surface area contributed by atoms with Crippen molar-refractivity contribution in [2.24, 2.45) is 23.2 Å². The minimum atomic E-state index is -0.0143. The number of hydrogen-bond donors (Lipinski definition) is 0. The second kappa shape index (κ2) is 13.6. The molecule has 0 N–H and O–H groups in total. The molecule has 0 aromatic heterocycles. The topological polar surface area (TPSA) is 26.3 Å². The van der Waals surface area contributed by atoms with Gasteiger partial charge < -0.3 is 4.74 Å². The molecule has 0 aromatic rings. The number of esters is 1. The van der Waals surface area contributed by atoms with Gasteiger partial charge in [-0.1, -0.05) is 86.5 Å². The van der Waals surface area contributed by atoms with Crippen molar-refractivity contribution < 1.29 is 9.53 Å².